The van der Waals surface area contributed by atoms with Gasteiger partial charge in [0.25, 0.3) is 0 Å². The molecule has 2 aromatic carbocycles. The zero-order valence-electron chi connectivity index (χ0n) is 30.9. The Bertz CT molecular complexity index is 1690. The Hall–Kier alpha value is -4.13. The smallest absolute Gasteiger partial charge is 0.347 e. The minimum atomic E-state index is -1.29. The number of hydrogen-bond donors (Lipinski definition) is 3. The summed E-state index contributed by atoms with van der Waals surface area (Å²) in [5.74, 6) is -3.49. The Labute approximate surface area is 320 Å². The SMILES string of the molecule is COc1ccc(C[C@H]2NC(=O)/C=C/C[C@@H]([C@]3(C)C(OC(=O)CN)[C@H]3[C@@H](Cl)c3ccccc3)OC(=O)[C@H](CC(C)C)OC(=O)C(C)(C)CNC2=O)cc1Cl. The summed E-state index contributed by atoms with van der Waals surface area (Å²) in [7, 11) is 1.49. The summed E-state index contributed by atoms with van der Waals surface area (Å²) in [4.78, 5) is 67.1. The third-order valence-corrected chi connectivity index (χ3v) is 10.5. The molecule has 2 amide bonds. The Morgan fingerprint density at radius 3 is 2.38 bits per heavy atom. The van der Waals surface area contributed by atoms with Gasteiger partial charge in [0.2, 0.25) is 11.8 Å². The predicted molar refractivity (Wildman–Crippen MR) is 199 cm³/mol. The molecule has 0 saturated heterocycles. The molecule has 0 radical (unpaired) electrons. The molecule has 4 N–H and O–H groups in total. The fraction of sp³-hybridized carbons (Fsp3) is 0.513. The van der Waals surface area contributed by atoms with Crippen LogP contribution in [0, 0.1) is 22.7 Å². The second-order valence-electron chi connectivity index (χ2n) is 14.7. The van der Waals surface area contributed by atoms with Crippen LogP contribution in [0.15, 0.2) is 60.7 Å². The van der Waals surface area contributed by atoms with E-state index in [4.69, 9.17) is 47.9 Å². The maximum absolute atomic E-state index is 14.0. The maximum Gasteiger partial charge on any atom is 0.347 e. The molecule has 1 heterocycles. The van der Waals surface area contributed by atoms with Gasteiger partial charge in [-0.2, -0.15) is 0 Å². The van der Waals surface area contributed by atoms with E-state index in [2.05, 4.69) is 10.6 Å². The van der Waals surface area contributed by atoms with E-state index >= 15 is 0 Å². The molecule has 14 heteroatoms. The number of ether oxygens (including phenoxy) is 4. The second-order valence-corrected chi connectivity index (χ2v) is 15.6. The van der Waals surface area contributed by atoms with Crippen LogP contribution in [0.1, 0.15) is 64.0 Å². The molecular formula is C39H49Cl2N3O9. The van der Waals surface area contributed by atoms with E-state index in [9.17, 15) is 24.0 Å². The van der Waals surface area contributed by atoms with Crippen molar-refractivity contribution in [3.05, 3.63) is 76.8 Å². The average molecular weight is 775 g/mol. The van der Waals surface area contributed by atoms with Crippen LogP contribution in [0.3, 0.4) is 0 Å². The highest BCUT2D eigenvalue weighted by Crippen LogP contribution is 2.65. The number of cyclic esters (lactones) is 2. The molecule has 12 nitrogen and oxygen atoms in total. The average Bonchev–Trinajstić information content (AvgIpc) is 3.71. The van der Waals surface area contributed by atoms with Gasteiger partial charge >= 0.3 is 17.9 Å². The quantitative estimate of drug-likeness (QED) is 0.173. The number of rotatable bonds is 10. The minimum Gasteiger partial charge on any atom is -0.495 e. The molecule has 53 heavy (non-hydrogen) atoms. The Morgan fingerprint density at radius 1 is 1.06 bits per heavy atom. The van der Waals surface area contributed by atoms with Crippen LogP contribution < -0.4 is 21.1 Å². The van der Waals surface area contributed by atoms with Gasteiger partial charge in [-0.15, -0.1) is 11.6 Å². The van der Waals surface area contributed by atoms with E-state index in [0.29, 0.717) is 16.3 Å². The van der Waals surface area contributed by atoms with Gasteiger partial charge in [0.15, 0.2) is 6.10 Å². The Morgan fingerprint density at radius 2 is 1.75 bits per heavy atom. The van der Waals surface area contributed by atoms with Crippen LogP contribution in [0.4, 0.5) is 0 Å². The van der Waals surface area contributed by atoms with Crippen molar-refractivity contribution in [3.8, 4) is 5.75 Å². The summed E-state index contributed by atoms with van der Waals surface area (Å²) in [6.07, 6.45) is -0.125. The van der Waals surface area contributed by atoms with Crippen LogP contribution in [0.25, 0.3) is 0 Å². The first-order valence-electron chi connectivity index (χ1n) is 17.6. The van der Waals surface area contributed by atoms with Crippen molar-refractivity contribution in [2.24, 2.45) is 28.4 Å². The molecule has 0 bridgehead atoms. The third kappa shape index (κ3) is 10.3. The lowest BCUT2D eigenvalue weighted by molar-refractivity contribution is -0.180. The van der Waals surface area contributed by atoms with Gasteiger partial charge in [-0.3, -0.25) is 19.2 Å². The second kappa shape index (κ2) is 17.8. The molecule has 2 aromatic rings. The van der Waals surface area contributed by atoms with Gasteiger partial charge in [-0.1, -0.05) is 74.8 Å². The fourth-order valence-corrected chi connectivity index (χ4v) is 7.31. The maximum atomic E-state index is 14.0. The summed E-state index contributed by atoms with van der Waals surface area (Å²) in [5, 5.41) is 5.17. The van der Waals surface area contributed by atoms with Crippen molar-refractivity contribution in [2.45, 2.75) is 83.6 Å². The Kier molecular flexibility index (Phi) is 14.0. The normalized spacial score (nSPS) is 27.8. The number of methoxy groups -OCH3 is 1. The number of halogens is 2. The van der Waals surface area contributed by atoms with E-state index < -0.39 is 76.2 Å². The Balaban J connectivity index is 1.73. The van der Waals surface area contributed by atoms with Crippen LogP contribution in [0.5, 0.6) is 5.75 Å². The summed E-state index contributed by atoms with van der Waals surface area (Å²) in [5.41, 5.74) is 4.69. The molecule has 0 aromatic heterocycles. The van der Waals surface area contributed by atoms with Crippen molar-refractivity contribution in [1.29, 1.82) is 0 Å². The lowest BCUT2D eigenvalue weighted by Gasteiger charge is -2.30. The summed E-state index contributed by atoms with van der Waals surface area (Å²) in [6, 6.07) is 13.2. The zero-order valence-corrected chi connectivity index (χ0v) is 32.4. The van der Waals surface area contributed by atoms with Crippen molar-refractivity contribution in [3.63, 3.8) is 0 Å². The van der Waals surface area contributed by atoms with Crippen LogP contribution in [-0.4, -0.2) is 74.3 Å². The van der Waals surface area contributed by atoms with Gasteiger partial charge in [0, 0.05) is 25.3 Å². The first kappa shape index (κ1) is 41.6. The largest absolute Gasteiger partial charge is 0.495 e. The van der Waals surface area contributed by atoms with Crippen molar-refractivity contribution < 1.29 is 42.9 Å². The van der Waals surface area contributed by atoms with Crippen molar-refractivity contribution >= 4 is 52.9 Å². The third-order valence-electron chi connectivity index (χ3n) is 9.72. The summed E-state index contributed by atoms with van der Waals surface area (Å²) < 4.78 is 23.0. The van der Waals surface area contributed by atoms with Gasteiger partial charge in [-0.05, 0) is 55.5 Å². The lowest BCUT2D eigenvalue weighted by atomic mass is 9.92. The van der Waals surface area contributed by atoms with E-state index in [-0.39, 0.29) is 38.3 Å². The van der Waals surface area contributed by atoms with Gasteiger partial charge in [-0.25, -0.2) is 4.79 Å². The van der Waals surface area contributed by atoms with Gasteiger partial charge < -0.3 is 35.3 Å². The molecule has 1 fully saturated rings. The molecule has 7 atom stereocenters. The molecule has 1 aliphatic heterocycles. The topological polar surface area (TPSA) is 172 Å². The molecule has 1 aliphatic carbocycles. The predicted octanol–water partition coefficient (Wildman–Crippen LogP) is 4.83. The highest BCUT2D eigenvalue weighted by Gasteiger charge is 2.71. The standard InChI is InChI=1S/C39H49Cl2N3O9/c1-22(2)17-28-36(48)52-29(39(5)32(34(39)53-31(46)20-42)33(41)24-11-8-7-9-12-24)13-10-14-30(45)44-26(19-23-15-16-27(50-6)25(40)18-23)35(47)43-21-38(3,4)37(49)51-28/h7-12,14-16,18,22,26,28-29,32-34H,13,17,19-21,42H2,1-6H3,(H,43,47)(H,44,45)/b14-10+/t26-,28+,29+,32-,33+,34?,39+/m1/s1. The number of amides is 2. The molecule has 1 saturated carbocycles. The molecular weight excluding hydrogens is 725 g/mol. The number of nitrogens with one attached hydrogen (secondary N) is 2. The van der Waals surface area contributed by atoms with Gasteiger partial charge in [0.05, 0.1) is 34.9 Å². The number of benzene rings is 2. The lowest BCUT2D eigenvalue weighted by Crippen LogP contribution is -2.51. The van der Waals surface area contributed by atoms with E-state index in [1.54, 1.807) is 39.0 Å². The van der Waals surface area contributed by atoms with Crippen molar-refractivity contribution in [2.75, 3.05) is 20.2 Å². The zero-order chi connectivity index (χ0) is 39.1. The number of carbonyl (C=O) groups excluding carboxylic acids is 5. The van der Waals surface area contributed by atoms with Gasteiger partial charge in [0.1, 0.15) is 24.0 Å². The summed E-state index contributed by atoms with van der Waals surface area (Å²) >= 11 is 13.4. The van der Waals surface area contributed by atoms with Crippen LogP contribution >= 0.6 is 23.2 Å². The van der Waals surface area contributed by atoms with Crippen LogP contribution in [-0.2, 0) is 44.6 Å². The molecule has 0 spiro atoms. The fourth-order valence-electron chi connectivity index (χ4n) is 6.48. The minimum absolute atomic E-state index is 0.0139. The van der Waals surface area contributed by atoms with E-state index in [1.807, 2.05) is 44.2 Å². The first-order valence-corrected chi connectivity index (χ1v) is 18.4. The molecule has 4 rings (SSSR count). The number of carbonyl (C=O) groups is 5. The molecule has 288 valence electrons. The number of nitrogens with two attached hydrogens (primary N) is 1. The number of alkyl halides is 1. The number of esters is 3. The first-order chi connectivity index (χ1) is 25.0. The number of hydrogen-bond acceptors (Lipinski definition) is 10. The molecule has 2 aliphatic rings. The highest BCUT2D eigenvalue weighted by molar-refractivity contribution is 6.32. The van der Waals surface area contributed by atoms with Crippen LogP contribution in [0.2, 0.25) is 5.02 Å². The van der Waals surface area contributed by atoms with Crippen molar-refractivity contribution in [1.82, 2.24) is 10.6 Å². The van der Waals surface area contributed by atoms with E-state index in [1.165, 1.54) is 19.3 Å². The van der Waals surface area contributed by atoms with E-state index in [0.717, 1.165) is 5.56 Å². The molecule has 1 unspecified atom stereocenters. The summed E-state index contributed by atoms with van der Waals surface area (Å²) in [6.45, 7) is 8.17. The highest BCUT2D eigenvalue weighted by atomic mass is 35.5. The monoisotopic (exact) mass is 773 g/mol.